The monoisotopic (exact) mass is 271 g/mol. The molecular formula is C11H10ClNO5. The van der Waals surface area contributed by atoms with Gasteiger partial charge in [0.25, 0.3) is 5.69 Å². The summed E-state index contributed by atoms with van der Waals surface area (Å²) in [6, 6.07) is 3.55. The lowest BCUT2D eigenvalue weighted by atomic mass is 10.0. The van der Waals surface area contributed by atoms with Crippen LogP contribution in [0.4, 0.5) is 5.69 Å². The lowest BCUT2D eigenvalue weighted by Crippen LogP contribution is -2.12. The summed E-state index contributed by atoms with van der Waals surface area (Å²) in [6.07, 6.45) is -1.45. The van der Waals surface area contributed by atoms with Crippen molar-refractivity contribution < 1.29 is 19.6 Å². The van der Waals surface area contributed by atoms with Crippen molar-refractivity contribution >= 4 is 23.3 Å². The summed E-state index contributed by atoms with van der Waals surface area (Å²) in [5.41, 5.74) is -0.465. The number of benzene rings is 1. The molecule has 7 heteroatoms. The molecule has 1 aromatic rings. The second-order valence-corrected chi connectivity index (χ2v) is 3.79. The van der Waals surface area contributed by atoms with Gasteiger partial charge in [0.1, 0.15) is 6.10 Å². The van der Waals surface area contributed by atoms with Crippen LogP contribution >= 0.6 is 11.6 Å². The van der Waals surface area contributed by atoms with E-state index < -0.39 is 17.0 Å². The van der Waals surface area contributed by atoms with E-state index >= 15 is 0 Å². The van der Waals surface area contributed by atoms with Gasteiger partial charge in [0, 0.05) is 22.7 Å². The summed E-state index contributed by atoms with van der Waals surface area (Å²) < 4.78 is 4.40. The first kappa shape index (κ1) is 14.1. The van der Waals surface area contributed by atoms with Crippen molar-refractivity contribution in [1.29, 1.82) is 0 Å². The van der Waals surface area contributed by atoms with Crippen molar-refractivity contribution in [2.75, 3.05) is 7.11 Å². The van der Waals surface area contributed by atoms with E-state index in [1.807, 2.05) is 0 Å². The Labute approximate surface area is 108 Å². The molecule has 0 amide bonds. The Hall–Kier alpha value is -1.92. The minimum Gasteiger partial charge on any atom is -0.466 e. The standard InChI is InChI=1S/C11H10ClNO5/c1-6(11(15)18-2)10(14)8-5-7(13(16)17)3-4-9(8)12/h3-5,10,14H,1H2,2H3/t10-/m0/s1. The van der Waals surface area contributed by atoms with Crippen LogP contribution in [0.5, 0.6) is 0 Å². The van der Waals surface area contributed by atoms with Gasteiger partial charge in [-0.25, -0.2) is 4.79 Å². The highest BCUT2D eigenvalue weighted by Gasteiger charge is 2.23. The van der Waals surface area contributed by atoms with E-state index in [9.17, 15) is 20.0 Å². The second kappa shape index (κ2) is 5.61. The highest BCUT2D eigenvalue weighted by Crippen LogP contribution is 2.31. The number of non-ortho nitro benzene ring substituents is 1. The number of ether oxygens (including phenoxy) is 1. The van der Waals surface area contributed by atoms with Gasteiger partial charge in [0.15, 0.2) is 0 Å². The molecular weight excluding hydrogens is 262 g/mol. The summed E-state index contributed by atoms with van der Waals surface area (Å²) in [5.74, 6) is -0.815. The summed E-state index contributed by atoms with van der Waals surface area (Å²) in [6.45, 7) is 3.36. The predicted octanol–water partition coefficient (Wildman–Crippen LogP) is 2.01. The van der Waals surface area contributed by atoms with Gasteiger partial charge in [0.05, 0.1) is 17.6 Å². The van der Waals surface area contributed by atoms with Gasteiger partial charge < -0.3 is 9.84 Å². The van der Waals surface area contributed by atoms with Crippen LogP contribution in [0.3, 0.4) is 0 Å². The summed E-state index contributed by atoms with van der Waals surface area (Å²) in [7, 11) is 1.13. The third-order valence-electron chi connectivity index (χ3n) is 2.26. The van der Waals surface area contributed by atoms with E-state index in [4.69, 9.17) is 11.6 Å². The number of nitro groups is 1. The SMILES string of the molecule is C=C(C(=O)OC)[C@H](O)c1cc([N+](=O)[O-])ccc1Cl. The summed E-state index contributed by atoms with van der Waals surface area (Å²) in [5, 5.41) is 20.6. The number of methoxy groups -OCH3 is 1. The number of carbonyl (C=O) groups excluding carboxylic acids is 1. The molecule has 1 atom stereocenters. The minimum absolute atomic E-state index is 0.0290. The smallest absolute Gasteiger partial charge is 0.336 e. The van der Waals surface area contributed by atoms with Crippen LogP contribution in [-0.4, -0.2) is 23.1 Å². The van der Waals surface area contributed by atoms with Gasteiger partial charge in [-0.1, -0.05) is 18.2 Å². The fourth-order valence-corrected chi connectivity index (χ4v) is 1.51. The van der Waals surface area contributed by atoms with Crippen LogP contribution in [0.25, 0.3) is 0 Å². The van der Waals surface area contributed by atoms with E-state index in [-0.39, 0.29) is 21.8 Å². The molecule has 0 saturated heterocycles. The molecule has 0 fully saturated rings. The molecule has 0 aromatic heterocycles. The van der Waals surface area contributed by atoms with Crippen LogP contribution in [0.1, 0.15) is 11.7 Å². The number of nitro benzene ring substituents is 1. The van der Waals surface area contributed by atoms with Crippen LogP contribution in [0.2, 0.25) is 5.02 Å². The van der Waals surface area contributed by atoms with Crippen molar-refractivity contribution in [3.63, 3.8) is 0 Å². The molecule has 0 unspecified atom stereocenters. The van der Waals surface area contributed by atoms with Crippen molar-refractivity contribution in [1.82, 2.24) is 0 Å². The molecule has 96 valence electrons. The van der Waals surface area contributed by atoms with Crippen LogP contribution < -0.4 is 0 Å². The zero-order valence-electron chi connectivity index (χ0n) is 9.42. The first-order chi connectivity index (χ1) is 8.38. The number of rotatable bonds is 4. The highest BCUT2D eigenvalue weighted by molar-refractivity contribution is 6.31. The van der Waals surface area contributed by atoms with Crippen LogP contribution in [0.15, 0.2) is 30.4 Å². The molecule has 0 saturated carbocycles. The normalized spacial score (nSPS) is 11.7. The Kier molecular flexibility index (Phi) is 4.41. The molecule has 18 heavy (non-hydrogen) atoms. The molecule has 0 aliphatic carbocycles. The molecule has 0 spiro atoms. The first-order valence-electron chi connectivity index (χ1n) is 4.77. The molecule has 1 N–H and O–H groups in total. The number of hydrogen-bond acceptors (Lipinski definition) is 5. The Balaban J connectivity index is 3.16. The van der Waals surface area contributed by atoms with Gasteiger partial charge in [-0.3, -0.25) is 10.1 Å². The maximum Gasteiger partial charge on any atom is 0.336 e. The van der Waals surface area contributed by atoms with Gasteiger partial charge in [-0.15, -0.1) is 0 Å². The average Bonchev–Trinajstić information content (AvgIpc) is 2.36. The Bertz CT molecular complexity index is 514. The van der Waals surface area contributed by atoms with E-state index in [1.165, 1.54) is 12.1 Å². The number of hydrogen-bond donors (Lipinski definition) is 1. The number of aliphatic hydroxyl groups excluding tert-OH is 1. The third kappa shape index (κ3) is 2.85. The maximum absolute atomic E-state index is 11.2. The molecule has 0 aliphatic heterocycles. The van der Waals surface area contributed by atoms with E-state index in [2.05, 4.69) is 11.3 Å². The Morgan fingerprint density at radius 1 is 1.61 bits per heavy atom. The van der Waals surface area contributed by atoms with Gasteiger partial charge in [-0.05, 0) is 6.07 Å². The number of carbonyl (C=O) groups is 1. The quantitative estimate of drug-likeness (QED) is 0.391. The van der Waals surface area contributed by atoms with E-state index in [0.29, 0.717) is 0 Å². The molecule has 0 aliphatic rings. The zero-order chi connectivity index (χ0) is 13.9. The first-order valence-corrected chi connectivity index (χ1v) is 5.15. The van der Waals surface area contributed by atoms with E-state index in [1.54, 1.807) is 0 Å². The largest absolute Gasteiger partial charge is 0.466 e. The number of aliphatic hydroxyl groups is 1. The molecule has 6 nitrogen and oxygen atoms in total. The fourth-order valence-electron chi connectivity index (χ4n) is 1.28. The summed E-state index contributed by atoms with van der Waals surface area (Å²) in [4.78, 5) is 21.2. The molecule has 0 radical (unpaired) electrons. The Morgan fingerprint density at radius 2 is 2.22 bits per heavy atom. The number of halogens is 1. The lowest BCUT2D eigenvalue weighted by molar-refractivity contribution is -0.385. The van der Waals surface area contributed by atoms with E-state index in [0.717, 1.165) is 13.2 Å². The molecule has 0 bridgehead atoms. The third-order valence-corrected chi connectivity index (χ3v) is 2.61. The minimum atomic E-state index is -1.45. The predicted molar refractivity (Wildman–Crippen MR) is 64.2 cm³/mol. The highest BCUT2D eigenvalue weighted by atomic mass is 35.5. The van der Waals surface area contributed by atoms with Crippen molar-refractivity contribution in [3.8, 4) is 0 Å². The maximum atomic E-state index is 11.2. The van der Waals surface area contributed by atoms with Crippen molar-refractivity contribution in [2.45, 2.75) is 6.10 Å². The lowest BCUT2D eigenvalue weighted by Gasteiger charge is -2.13. The fraction of sp³-hybridized carbons (Fsp3) is 0.182. The number of nitrogens with zero attached hydrogens (tertiary/aromatic N) is 1. The molecule has 0 heterocycles. The van der Waals surface area contributed by atoms with Gasteiger partial charge >= 0.3 is 5.97 Å². The number of esters is 1. The van der Waals surface area contributed by atoms with Crippen LogP contribution in [0, 0.1) is 10.1 Å². The molecule has 1 aromatic carbocycles. The second-order valence-electron chi connectivity index (χ2n) is 3.38. The zero-order valence-corrected chi connectivity index (χ0v) is 10.2. The Morgan fingerprint density at radius 3 is 2.72 bits per heavy atom. The van der Waals surface area contributed by atoms with Gasteiger partial charge in [0.2, 0.25) is 0 Å². The molecule has 1 rings (SSSR count). The van der Waals surface area contributed by atoms with Crippen molar-refractivity contribution in [3.05, 3.63) is 51.1 Å². The summed E-state index contributed by atoms with van der Waals surface area (Å²) >= 11 is 5.81. The topological polar surface area (TPSA) is 89.7 Å². The van der Waals surface area contributed by atoms with Gasteiger partial charge in [-0.2, -0.15) is 0 Å². The van der Waals surface area contributed by atoms with Crippen LogP contribution in [-0.2, 0) is 9.53 Å². The average molecular weight is 272 g/mol. The van der Waals surface area contributed by atoms with Crippen molar-refractivity contribution in [2.24, 2.45) is 0 Å².